The summed E-state index contributed by atoms with van der Waals surface area (Å²) in [6.07, 6.45) is -12.6. The van der Waals surface area contributed by atoms with E-state index in [0.29, 0.717) is 36.8 Å². The summed E-state index contributed by atoms with van der Waals surface area (Å²) in [5, 5.41) is 28.6. The van der Waals surface area contributed by atoms with Crippen LogP contribution in [0.25, 0.3) is 0 Å². The van der Waals surface area contributed by atoms with Crippen LogP contribution in [0.3, 0.4) is 0 Å². The molecule has 0 spiro atoms. The molecule has 3 aliphatic heterocycles. The third-order valence-electron chi connectivity index (χ3n) is 20.2. The van der Waals surface area contributed by atoms with Gasteiger partial charge >= 0.3 is 47.8 Å². The topological polar surface area (TPSA) is 563 Å². The Bertz CT molecular complexity index is 3800. The number of carbonyl (C=O) groups is 16. The number of nitrogens with one attached hydrogen (secondary N) is 7. The lowest BCUT2D eigenvalue weighted by molar-refractivity contribution is -0.279. The molecular weight excluding hydrogens is 1750 g/mol. The van der Waals surface area contributed by atoms with Crippen LogP contribution in [0.4, 0.5) is 0 Å². The van der Waals surface area contributed by atoms with Crippen molar-refractivity contribution in [2.24, 2.45) is 11.8 Å². The first-order valence-corrected chi connectivity index (χ1v) is 44.5. The van der Waals surface area contributed by atoms with Crippen LogP contribution in [0.1, 0.15) is 160 Å². The molecule has 3 saturated heterocycles. The van der Waals surface area contributed by atoms with E-state index in [2.05, 4.69) is 75.7 Å². The highest BCUT2D eigenvalue weighted by atomic mass is 31.2. The summed E-state index contributed by atoms with van der Waals surface area (Å²) in [7, 11) is -1.49. The van der Waals surface area contributed by atoms with E-state index in [1.807, 2.05) is 0 Å². The first-order chi connectivity index (χ1) is 62.1. The third kappa shape index (κ3) is 41.6. The van der Waals surface area contributed by atoms with Gasteiger partial charge in [-0.3, -0.25) is 76.8 Å². The van der Waals surface area contributed by atoms with Gasteiger partial charge in [0.1, 0.15) is 62.1 Å². The van der Waals surface area contributed by atoms with Gasteiger partial charge in [-0.2, -0.15) is 5.26 Å². The highest BCUT2D eigenvalue weighted by molar-refractivity contribution is 7.44. The zero-order valence-corrected chi connectivity index (χ0v) is 78.2. The summed E-state index contributed by atoms with van der Waals surface area (Å²) in [4.78, 5) is 207. The summed E-state index contributed by atoms with van der Waals surface area (Å²) < 4.78 is 112. The first-order valence-electron chi connectivity index (χ1n) is 43.4. The van der Waals surface area contributed by atoms with Crippen molar-refractivity contribution in [1.82, 2.24) is 46.8 Å². The van der Waals surface area contributed by atoms with Gasteiger partial charge in [0.2, 0.25) is 41.4 Å². The molecule has 1 aliphatic carbocycles. The van der Waals surface area contributed by atoms with Crippen molar-refractivity contribution in [3.05, 3.63) is 35.4 Å². The van der Waals surface area contributed by atoms with E-state index in [4.69, 9.17) is 89.6 Å². The van der Waals surface area contributed by atoms with E-state index in [9.17, 15) is 77.2 Å². The van der Waals surface area contributed by atoms with Crippen molar-refractivity contribution in [1.29, 1.82) is 5.26 Å². The Balaban J connectivity index is 1.40. The van der Waals surface area contributed by atoms with Crippen LogP contribution in [-0.2, 0) is 179 Å². The van der Waals surface area contributed by atoms with Crippen molar-refractivity contribution >= 4 is 103 Å². The SMILES string of the molecule is CC(=O)CC1C(NC(C)=O)C(OCCOCCNC(=O)CN(CC(=O)NCCOCCOC2OC(COC(C)=O)C(OC(C)=O)C(OC(C)=O)C2NC(C)=O)C(Cc2ccc(CNC(=O)C3CCC(OP(OCCC#N)N(C(C)C)C(C)C)CC3)cc2)C(=O)NCCOCCOC2OC(COC(C)=O)C(OC(C)=O)C(OC(C)=O)C2NC(C)=O)OC(COC(C)=O)C1OC(C)=O. The average Bonchev–Trinajstić information content (AvgIpc) is 0.984. The van der Waals surface area contributed by atoms with Crippen molar-refractivity contribution < 1.29 is 166 Å². The highest BCUT2D eigenvalue weighted by Gasteiger charge is 2.54. The predicted octanol–water partition coefficient (Wildman–Crippen LogP) is 0.447. The molecule has 736 valence electrons. The van der Waals surface area contributed by atoms with Crippen LogP contribution in [0, 0.1) is 23.2 Å². The molecule has 0 bridgehead atoms. The van der Waals surface area contributed by atoms with Gasteiger partial charge in [0, 0.05) is 133 Å². The molecule has 7 amide bonds. The maximum atomic E-state index is 15.0. The molecule has 5 rings (SSSR count). The minimum atomic E-state index is -1.49. The number of ketones is 1. The van der Waals surface area contributed by atoms with Crippen molar-refractivity contribution in [2.75, 3.05) is 119 Å². The number of Topliss-reactive ketones (excluding diaryl/α,β-unsaturated/α-hetero) is 1. The molecule has 45 nitrogen and oxygen atoms in total. The number of nitriles is 1. The van der Waals surface area contributed by atoms with E-state index in [0.717, 1.165) is 55.4 Å². The Morgan fingerprint density at radius 1 is 0.450 bits per heavy atom. The van der Waals surface area contributed by atoms with E-state index >= 15 is 4.79 Å². The molecule has 1 aromatic rings. The monoisotopic (exact) mass is 1880 g/mol. The Kier molecular flexibility index (Phi) is 50.4. The van der Waals surface area contributed by atoms with Crippen LogP contribution in [-0.4, -0.2) is 333 Å². The van der Waals surface area contributed by atoms with Gasteiger partial charge < -0.3 is 132 Å². The highest BCUT2D eigenvalue weighted by Crippen LogP contribution is 2.49. The number of esters is 8. The largest absolute Gasteiger partial charge is 0.463 e. The summed E-state index contributed by atoms with van der Waals surface area (Å²) in [5.41, 5.74) is 1.23. The zero-order valence-electron chi connectivity index (χ0n) is 77.3. The quantitative estimate of drug-likeness (QED) is 0.0201. The first kappa shape index (κ1) is 112. The maximum Gasteiger partial charge on any atom is 0.303 e. The number of hydrogen-bond acceptors (Lipinski definition) is 38. The lowest BCUT2D eigenvalue weighted by atomic mass is 9.83. The van der Waals surface area contributed by atoms with Crippen LogP contribution >= 0.6 is 8.53 Å². The fourth-order valence-corrected chi connectivity index (χ4v) is 16.7. The van der Waals surface area contributed by atoms with E-state index in [1.165, 1.54) is 32.6 Å². The third-order valence-corrected chi connectivity index (χ3v) is 22.3. The summed E-state index contributed by atoms with van der Waals surface area (Å²) >= 11 is 0. The molecule has 1 aromatic carbocycles. The Labute approximate surface area is 762 Å². The average molecular weight is 1880 g/mol. The standard InChI is InChI=1S/C85H131N10O35P/c1-48(2)95(49(3)4)131(121-30-17-26-86)130-65-24-22-64(23-25-65)81(110)90-42-63-20-18-62(19-21-63)41-67(82(111)89-29-33-114-36-39-117-85-75(93-53(8)99)80(126-61(16)107)78(124-59(14)105)70(129-85)47-120-56(11)102)94(43-71(108)87-27-31-112-34-37-115-83-73(91-51(6)97)66(40-50(5)96)76(122-57(12)103)68(127-83)45-118-54(9)100)44-72(109)88-28-32-113-35-38-116-84-74(92-52(7)98)79(125-60(15)106)77(123-58(13)104)69(128-84)46-119-55(10)101/h18-21,48-49,64-70,73-80,83-85H,17,22-25,27-47H2,1-16H3,(H,87,108)(H,88,109)(H,89,111)(H,90,110)(H,91,97)(H,92,98)(H,93,99). The normalized spacial score (nSPS) is 24.0. The molecule has 4 fully saturated rings. The smallest absolute Gasteiger partial charge is 0.303 e. The Morgan fingerprint density at radius 2 is 0.832 bits per heavy atom. The number of rotatable bonds is 56. The molecular formula is C85H131N10O35P. The lowest BCUT2D eigenvalue weighted by Gasteiger charge is -2.45. The van der Waals surface area contributed by atoms with E-state index in [1.54, 1.807) is 24.3 Å². The van der Waals surface area contributed by atoms with Crippen LogP contribution < -0.4 is 37.2 Å². The van der Waals surface area contributed by atoms with Crippen LogP contribution in [0.15, 0.2) is 24.3 Å². The van der Waals surface area contributed by atoms with Crippen molar-refractivity contribution in [3.8, 4) is 6.07 Å². The minimum absolute atomic E-state index is 0.103. The molecule has 46 heteroatoms. The fourth-order valence-electron chi connectivity index (χ4n) is 14.9. The summed E-state index contributed by atoms with van der Waals surface area (Å²) in [5.74, 6) is -11.7. The molecule has 17 unspecified atom stereocenters. The molecule has 7 N–H and O–H groups in total. The van der Waals surface area contributed by atoms with Crippen molar-refractivity contribution in [3.63, 3.8) is 0 Å². The van der Waals surface area contributed by atoms with Gasteiger partial charge in [0.25, 0.3) is 8.53 Å². The second kappa shape index (κ2) is 59.1. The number of nitrogens with zero attached hydrogens (tertiary/aromatic N) is 3. The second-order valence-electron chi connectivity index (χ2n) is 31.9. The minimum Gasteiger partial charge on any atom is -0.463 e. The van der Waals surface area contributed by atoms with Gasteiger partial charge in [-0.25, -0.2) is 4.67 Å². The van der Waals surface area contributed by atoms with Gasteiger partial charge in [-0.1, -0.05) is 24.3 Å². The molecule has 4 aliphatic rings. The van der Waals surface area contributed by atoms with Crippen molar-refractivity contribution in [2.45, 2.75) is 272 Å². The summed E-state index contributed by atoms with van der Waals surface area (Å²) in [6.45, 7) is 17.5. The lowest BCUT2D eigenvalue weighted by Crippen LogP contribution is -2.66. The van der Waals surface area contributed by atoms with Crippen LogP contribution in [0.5, 0.6) is 0 Å². The number of ether oxygens (including phenoxy) is 17. The van der Waals surface area contributed by atoms with Gasteiger partial charge in [0.05, 0.1) is 110 Å². The molecule has 0 aromatic heterocycles. The molecule has 3 heterocycles. The molecule has 131 heavy (non-hydrogen) atoms. The Morgan fingerprint density at radius 3 is 1.22 bits per heavy atom. The number of amides is 7. The number of benzene rings is 1. The zero-order chi connectivity index (χ0) is 97.0. The molecule has 17 atom stereocenters. The van der Waals surface area contributed by atoms with Gasteiger partial charge in [0.15, 0.2) is 43.3 Å². The van der Waals surface area contributed by atoms with E-state index < -0.39 is 222 Å². The van der Waals surface area contributed by atoms with E-state index in [-0.39, 0.29) is 147 Å². The molecule has 0 radical (unpaired) electrons. The second-order valence-corrected chi connectivity index (χ2v) is 33.3. The molecule has 1 saturated carbocycles. The maximum absolute atomic E-state index is 15.0. The number of carbonyl (C=O) groups excluding carboxylic acids is 16. The Hall–Kier alpha value is -9.66. The fraction of sp³-hybridized carbons (Fsp3) is 0.729. The van der Waals surface area contributed by atoms with Crippen LogP contribution in [0.2, 0.25) is 0 Å². The number of hydrogen-bond donors (Lipinski definition) is 7. The van der Waals surface area contributed by atoms with Gasteiger partial charge in [-0.05, 0) is 77.8 Å². The van der Waals surface area contributed by atoms with Gasteiger partial charge in [-0.15, -0.1) is 0 Å². The summed E-state index contributed by atoms with van der Waals surface area (Å²) in [6, 6.07) is 4.32. The predicted molar refractivity (Wildman–Crippen MR) is 454 cm³/mol.